The predicted molar refractivity (Wildman–Crippen MR) is 77.2 cm³/mol. The summed E-state index contributed by atoms with van der Waals surface area (Å²) in [6, 6.07) is 8.08. The van der Waals surface area contributed by atoms with Crippen LogP contribution < -0.4 is 10.1 Å². The van der Waals surface area contributed by atoms with Gasteiger partial charge < -0.3 is 20.3 Å². The van der Waals surface area contributed by atoms with E-state index in [0.717, 1.165) is 11.3 Å². The van der Waals surface area contributed by atoms with Gasteiger partial charge in [0.25, 0.3) is 0 Å². The van der Waals surface area contributed by atoms with Crippen LogP contribution in [0.25, 0.3) is 0 Å². The van der Waals surface area contributed by atoms with Crippen LogP contribution in [0.4, 0.5) is 5.69 Å². The molecule has 0 spiro atoms. The van der Waals surface area contributed by atoms with Crippen LogP contribution in [0.15, 0.2) is 36.5 Å². The van der Waals surface area contributed by atoms with Gasteiger partial charge >= 0.3 is 0 Å². The Morgan fingerprint density at radius 1 is 1.25 bits per heavy atom. The predicted octanol–water partition coefficient (Wildman–Crippen LogP) is 3.06. The number of nitrogens with one attached hydrogen (secondary N) is 1. The van der Waals surface area contributed by atoms with Gasteiger partial charge in [-0.05, 0) is 43.7 Å². The molecule has 1 aromatic carbocycles. The Balaban J connectivity index is 2.21. The Kier molecular flexibility index (Phi) is 4.30. The first kappa shape index (κ1) is 14.0. The van der Waals surface area contributed by atoms with E-state index < -0.39 is 0 Å². The Morgan fingerprint density at radius 3 is 2.60 bits per heavy atom. The molecule has 5 nitrogen and oxygen atoms in total. The fraction of sp³-hybridized carbons (Fsp3) is 0.267. The highest BCUT2D eigenvalue weighted by molar-refractivity contribution is 5.54. The lowest BCUT2D eigenvalue weighted by molar-refractivity contribution is 0.328. The number of rotatable bonds is 5. The number of hydrogen-bond donors (Lipinski definition) is 3. The quantitative estimate of drug-likeness (QED) is 0.781. The van der Waals surface area contributed by atoms with Gasteiger partial charge in [-0.2, -0.15) is 0 Å². The zero-order chi connectivity index (χ0) is 14.5. The second kappa shape index (κ2) is 6.14. The molecule has 20 heavy (non-hydrogen) atoms. The van der Waals surface area contributed by atoms with E-state index in [4.69, 9.17) is 4.74 Å². The van der Waals surface area contributed by atoms with Crippen LogP contribution in [0.5, 0.6) is 17.4 Å². The van der Waals surface area contributed by atoms with Crippen molar-refractivity contribution in [3.63, 3.8) is 0 Å². The summed E-state index contributed by atoms with van der Waals surface area (Å²) in [7, 11) is 0. The van der Waals surface area contributed by atoms with Crippen LogP contribution in [0, 0.1) is 0 Å². The molecule has 1 aromatic heterocycles. The first-order valence-electron chi connectivity index (χ1n) is 6.47. The van der Waals surface area contributed by atoms with Gasteiger partial charge in [-0.25, -0.2) is 4.98 Å². The molecule has 0 fully saturated rings. The molecule has 0 aliphatic rings. The van der Waals surface area contributed by atoms with Crippen LogP contribution in [0.3, 0.4) is 0 Å². The topological polar surface area (TPSA) is 74.6 Å². The number of phenols is 2. The van der Waals surface area contributed by atoms with E-state index in [1.54, 1.807) is 18.3 Å². The summed E-state index contributed by atoms with van der Waals surface area (Å²) in [6.07, 6.45) is 1.67. The fourth-order valence-corrected chi connectivity index (χ4v) is 1.94. The number of aromatic nitrogens is 1. The third-order valence-corrected chi connectivity index (χ3v) is 2.85. The van der Waals surface area contributed by atoms with Crippen LogP contribution in [-0.2, 0) is 0 Å². The van der Waals surface area contributed by atoms with Gasteiger partial charge in [0.2, 0.25) is 5.88 Å². The largest absolute Gasteiger partial charge is 0.508 e. The highest BCUT2D eigenvalue weighted by Gasteiger charge is 2.11. The van der Waals surface area contributed by atoms with Gasteiger partial charge in [0, 0.05) is 18.3 Å². The van der Waals surface area contributed by atoms with E-state index >= 15 is 0 Å². The maximum Gasteiger partial charge on any atom is 0.237 e. The molecule has 0 amide bonds. The van der Waals surface area contributed by atoms with Crippen molar-refractivity contribution >= 4 is 5.69 Å². The molecule has 1 unspecified atom stereocenters. The number of pyridine rings is 1. The first-order chi connectivity index (χ1) is 9.60. The van der Waals surface area contributed by atoms with Gasteiger partial charge in [-0.3, -0.25) is 0 Å². The van der Waals surface area contributed by atoms with E-state index in [2.05, 4.69) is 10.3 Å². The van der Waals surface area contributed by atoms with Crippen molar-refractivity contribution in [2.45, 2.75) is 19.9 Å². The van der Waals surface area contributed by atoms with Gasteiger partial charge in [0.05, 0.1) is 12.3 Å². The molecule has 0 radical (unpaired) electrons. The average molecular weight is 274 g/mol. The molecule has 106 valence electrons. The molecule has 0 aliphatic heterocycles. The van der Waals surface area contributed by atoms with Crippen molar-refractivity contribution in [3.8, 4) is 17.4 Å². The number of anilines is 1. The molecular formula is C15H18N2O3. The van der Waals surface area contributed by atoms with Crippen molar-refractivity contribution in [1.29, 1.82) is 0 Å². The van der Waals surface area contributed by atoms with E-state index in [1.165, 1.54) is 6.07 Å². The lowest BCUT2D eigenvalue weighted by atomic mass is 10.1. The smallest absolute Gasteiger partial charge is 0.237 e. The minimum Gasteiger partial charge on any atom is -0.508 e. The number of ether oxygens (including phenoxy) is 1. The van der Waals surface area contributed by atoms with Gasteiger partial charge in [0.1, 0.15) is 11.5 Å². The molecule has 0 bridgehead atoms. The Labute approximate surface area is 117 Å². The van der Waals surface area contributed by atoms with Crippen molar-refractivity contribution in [1.82, 2.24) is 4.98 Å². The molecule has 0 saturated carbocycles. The van der Waals surface area contributed by atoms with Gasteiger partial charge in [-0.15, -0.1) is 0 Å². The standard InChI is InChI=1S/C15H18N2O3/c1-3-20-15-14(5-4-6-16-15)17-10(2)11-7-12(18)9-13(19)8-11/h4-10,17-19H,3H2,1-2H3. The number of phenolic OH excluding ortho intramolecular Hbond substituents is 2. The molecule has 2 aromatic rings. The second-order valence-electron chi connectivity index (χ2n) is 4.44. The Hall–Kier alpha value is -2.43. The summed E-state index contributed by atoms with van der Waals surface area (Å²) in [5.41, 5.74) is 1.54. The molecule has 0 saturated heterocycles. The van der Waals surface area contributed by atoms with Crippen LogP contribution >= 0.6 is 0 Å². The van der Waals surface area contributed by atoms with Gasteiger partial charge in [-0.1, -0.05) is 0 Å². The lowest BCUT2D eigenvalue weighted by Crippen LogP contribution is -2.08. The van der Waals surface area contributed by atoms with E-state index in [0.29, 0.717) is 12.5 Å². The van der Waals surface area contributed by atoms with Crippen molar-refractivity contribution in [2.75, 3.05) is 11.9 Å². The SMILES string of the molecule is CCOc1ncccc1NC(C)c1cc(O)cc(O)c1. The van der Waals surface area contributed by atoms with Crippen LogP contribution in [0.2, 0.25) is 0 Å². The van der Waals surface area contributed by atoms with Crippen molar-refractivity contribution in [2.24, 2.45) is 0 Å². The van der Waals surface area contributed by atoms with E-state index in [9.17, 15) is 10.2 Å². The van der Waals surface area contributed by atoms with Crippen molar-refractivity contribution < 1.29 is 14.9 Å². The molecule has 1 heterocycles. The maximum atomic E-state index is 9.52. The first-order valence-corrected chi connectivity index (χ1v) is 6.47. The zero-order valence-electron chi connectivity index (χ0n) is 11.5. The number of aromatic hydroxyl groups is 2. The van der Waals surface area contributed by atoms with E-state index in [1.807, 2.05) is 26.0 Å². The molecule has 3 N–H and O–H groups in total. The highest BCUT2D eigenvalue weighted by Crippen LogP contribution is 2.29. The second-order valence-corrected chi connectivity index (χ2v) is 4.44. The third-order valence-electron chi connectivity index (χ3n) is 2.85. The summed E-state index contributed by atoms with van der Waals surface area (Å²) >= 11 is 0. The van der Waals surface area contributed by atoms with Crippen molar-refractivity contribution in [3.05, 3.63) is 42.1 Å². The Morgan fingerprint density at radius 2 is 1.95 bits per heavy atom. The molecule has 1 atom stereocenters. The summed E-state index contributed by atoms with van der Waals surface area (Å²) in [5, 5.41) is 22.3. The summed E-state index contributed by atoms with van der Waals surface area (Å²) < 4.78 is 5.45. The lowest BCUT2D eigenvalue weighted by Gasteiger charge is -2.18. The van der Waals surface area contributed by atoms with E-state index in [-0.39, 0.29) is 17.5 Å². The van der Waals surface area contributed by atoms with Crippen LogP contribution in [0.1, 0.15) is 25.5 Å². The zero-order valence-corrected chi connectivity index (χ0v) is 11.5. The summed E-state index contributed by atoms with van der Waals surface area (Å²) in [4.78, 5) is 4.17. The molecule has 0 aliphatic carbocycles. The molecular weight excluding hydrogens is 256 g/mol. The number of hydrogen-bond acceptors (Lipinski definition) is 5. The average Bonchev–Trinajstić information content (AvgIpc) is 2.40. The monoisotopic (exact) mass is 274 g/mol. The highest BCUT2D eigenvalue weighted by atomic mass is 16.5. The Bertz CT molecular complexity index is 567. The fourth-order valence-electron chi connectivity index (χ4n) is 1.94. The molecule has 2 rings (SSSR count). The minimum absolute atomic E-state index is 0.0323. The number of benzene rings is 1. The number of nitrogens with zero attached hydrogens (tertiary/aromatic N) is 1. The maximum absolute atomic E-state index is 9.52. The normalized spacial score (nSPS) is 11.9. The molecule has 5 heteroatoms. The summed E-state index contributed by atoms with van der Waals surface area (Å²) in [5.74, 6) is 0.598. The van der Waals surface area contributed by atoms with Gasteiger partial charge in [0.15, 0.2) is 0 Å². The third kappa shape index (κ3) is 3.32. The minimum atomic E-state index is -0.114. The van der Waals surface area contributed by atoms with Crippen LogP contribution in [-0.4, -0.2) is 21.8 Å². The summed E-state index contributed by atoms with van der Waals surface area (Å²) in [6.45, 7) is 4.36.